The third kappa shape index (κ3) is 4.38. The van der Waals surface area contributed by atoms with Gasteiger partial charge in [0.1, 0.15) is 19.3 Å². The SMILES string of the molecule is CCC(NC(=O)CCCc1ccc2c(c1)OCCO2)C(=O)O. The fraction of sp³-hybridized carbons (Fsp3) is 0.500. The molecule has 0 bridgehead atoms. The van der Waals surface area contributed by atoms with Crippen LogP contribution in [0.1, 0.15) is 31.7 Å². The lowest BCUT2D eigenvalue weighted by atomic mass is 10.1. The Morgan fingerprint density at radius 2 is 2.00 bits per heavy atom. The number of hydrogen-bond donors (Lipinski definition) is 2. The molecule has 1 aliphatic heterocycles. The minimum Gasteiger partial charge on any atom is -0.486 e. The Kier molecular flexibility index (Phi) is 5.63. The first kappa shape index (κ1) is 16.1. The number of rotatable bonds is 7. The van der Waals surface area contributed by atoms with Crippen molar-refractivity contribution in [3.05, 3.63) is 23.8 Å². The summed E-state index contributed by atoms with van der Waals surface area (Å²) in [7, 11) is 0. The first-order valence-corrected chi connectivity index (χ1v) is 7.51. The highest BCUT2D eigenvalue weighted by Gasteiger charge is 2.17. The topological polar surface area (TPSA) is 84.9 Å². The summed E-state index contributed by atoms with van der Waals surface area (Å²) < 4.78 is 11.0. The smallest absolute Gasteiger partial charge is 0.326 e. The molecule has 0 radical (unpaired) electrons. The molecule has 6 heteroatoms. The maximum absolute atomic E-state index is 11.7. The van der Waals surface area contributed by atoms with Crippen LogP contribution in [0, 0.1) is 0 Å². The molecular weight excluding hydrogens is 286 g/mol. The number of aliphatic carboxylic acids is 1. The number of carboxylic acid groups (broad SMARTS) is 1. The van der Waals surface area contributed by atoms with Crippen molar-refractivity contribution in [1.82, 2.24) is 5.32 Å². The van der Waals surface area contributed by atoms with Crippen LogP contribution in [0.15, 0.2) is 18.2 Å². The van der Waals surface area contributed by atoms with Crippen molar-refractivity contribution < 1.29 is 24.2 Å². The number of ether oxygens (including phenoxy) is 2. The second kappa shape index (κ2) is 7.68. The molecule has 1 aromatic carbocycles. The molecule has 0 spiro atoms. The molecular formula is C16H21NO5. The molecule has 0 saturated heterocycles. The van der Waals surface area contributed by atoms with E-state index in [0.29, 0.717) is 32.5 Å². The van der Waals surface area contributed by atoms with Gasteiger partial charge in [0, 0.05) is 6.42 Å². The zero-order chi connectivity index (χ0) is 15.9. The Bertz CT molecular complexity index is 543. The molecule has 0 fully saturated rings. The van der Waals surface area contributed by atoms with E-state index in [1.165, 1.54) is 0 Å². The van der Waals surface area contributed by atoms with E-state index in [9.17, 15) is 9.59 Å². The lowest BCUT2D eigenvalue weighted by Crippen LogP contribution is -2.40. The fourth-order valence-electron chi connectivity index (χ4n) is 2.30. The van der Waals surface area contributed by atoms with Crippen LogP contribution >= 0.6 is 0 Å². The van der Waals surface area contributed by atoms with Gasteiger partial charge in [0.05, 0.1) is 0 Å². The minimum atomic E-state index is -0.998. The number of fused-ring (bicyclic) bond motifs is 1. The van der Waals surface area contributed by atoms with Crippen molar-refractivity contribution in [2.24, 2.45) is 0 Å². The van der Waals surface area contributed by atoms with Gasteiger partial charge in [0.25, 0.3) is 0 Å². The van der Waals surface area contributed by atoms with Gasteiger partial charge < -0.3 is 19.9 Å². The average molecular weight is 307 g/mol. The molecule has 2 rings (SSSR count). The largest absolute Gasteiger partial charge is 0.486 e. The number of amides is 1. The first-order valence-electron chi connectivity index (χ1n) is 7.51. The molecule has 0 saturated carbocycles. The van der Waals surface area contributed by atoms with E-state index in [-0.39, 0.29) is 5.91 Å². The Morgan fingerprint density at radius 1 is 1.27 bits per heavy atom. The van der Waals surface area contributed by atoms with Crippen LogP contribution in [0.25, 0.3) is 0 Å². The quantitative estimate of drug-likeness (QED) is 0.802. The van der Waals surface area contributed by atoms with E-state index < -0.39 is 12.0 Å². The molecule has 1 unspecified atom stereocenters. The van der Waals surface area contributed by atoms with Crippen molar-refractivity contribution in [3.63, 3.8) is 0 Å². The lowest BCUT2D eigenvalue weighted by molar-refractivity contribution is -0.141. The van der Waals surface area contributed by atoms with Gasteiger partial charge in [-0.05, 0) is 37.0 Å². The van der Waals surface area contributed by atoms with Crippen LogP contribution in [0.5, 0.6) is 11.5 Å². The van der Waals surface area contributed by atoms with E-state index >= 15 is 0 Å². The number of benzene rings is 1. The van der Waals surface area contributed by atoms with Gasteiger partial charge in [-0.2, -0.15) is 0 Å². The molecule has 1 aromatic rings. The van der Waals surface area contributed by atoms with Gasteiger partial charge in [-0.3, -0.25) is 4.79 Å². The number of nitrogens with one attached hydrogen (secondary N) is 1. The van der Waals surface area contributed by atoms with E-state index in [2.05, 4.69) is 5.32 Å². The molecule has 1 heterocycles. The molecule has 120 valence electrons. The molecule has 0 aromatic heterocycles. The van der Waals surface area contributed by atoms with Crippen LogP contribution in [-0.4, -0.2) is 36.2 Å². The Hall–Kier alpha value is -2.24. The summed E-state index contributed by atoms with van der Waals surface area (Å²) in [5.74, 6) is 0.264. The normalized spacial score (nSPS) is 14.2. The van der Waals surface area contributed by atoms with E-state index in [1.54, 1.807) is 6.92 Å². The van der Waals surface area contributed by atoms with Crippen molar-refractivity contribution in [2.45, 2.75) is 38.6 Å². The average Bonchev–Trinajstić information content (AvgIpc) is 2.52. The zero-order valence-corrected chi connectivity index (χ0v) is 12.6. The predicted molar refractivity (Wildman–Crippen MR) is 80.2 cm³/mol. The van der Waals surface area contributed by atoms with Crippen molar-refractivity contribution >= 4 is 11.9 Å². The molecule has 2 N–H and O–H groups in total. The summed E-state index contributed by atoms with van der Waals surface area (Å²) in [6.07, 6.45) is 2.07. The van der Waals surface area contributed by atoms with Crippen LogP contribution in [0.3, 0.4) is 0 Å². The monoisotopic (exact) mass is 307 g/mol. The maximum Gasteiger partial charge on any atom is 0.326 e. The van der Waals surface area contributed by atoms with E-state index in [0.717, 1.165) is 23.5 Å². The molecule has 22 heavy (non-hydrogen) atoms. The minimum absolute atomic E-state index is 0.230. The van der Waals surface area contributed by atoms with Crippen LogP contribution in [0.2, 0.25) is 0 Å². The van der Waals surface area contributed by atoms with Gasteiger partial charge in [0.2, 0.25) is 5.91 Å². The van der Waals surface area contributed by atoms with Gasteiger partial charge in [-0.1, -0.05) is 13.0 Å². The third-order valence-corrected chi connectivity index (χ3v) is 3.52. The standard InChI is InChI=1S/C16H21NO5/c1-2-12(16(19)20)17-15(18)5-3-4-11-6-7-13-14(10-11)22-9-8-21-13/h6-7,10,12H,2-5,8-9H2,1H3,(H,17,18)(H,19,20). The second-order valence-electron chi connectivity index (χ2n) is 5.20. The number of carbonyl (C=O) groups is 2. The Morgan fingerprint density at radius 3 is 2.68 bits per heavy atom. The molecule has 1 aliphatic rings. The maximum atomic E-state index is 11.7. The number of carbonyl (C=O) groups excluding carboxylic acids is 1. The number of carboxylic acids is 1. The van der Waals surface area contributed by atoms with Gasteiger partial charge in [0.15, 0.2) is 11.5 Å². The van der Waals surface area contributed by atoms with Crippen LogP contribution in [0.4, 0.5) is 0 Å². The van der Waals surface area contributed by atoms with E-state index in [1.807, 2.05) is 18.2 Å². The van der Waals surface area contributed by atoms with Crippen molar-refractivity contribution in [2.75, 3.05) is 13.2 Å². The molecule has 1 amide bonds. The molecule has 1 atom stereocenters. The number of aryl methyl sites for hydroxylation is 1. The molecule has 0 aliphatic carbocycles. The highest BCUT2D eigenvalue weighted by molar-refractivity contribution is 5.83. The second-order valence-corrected chi connectivity index (χ2v) is 5.20. The summed E-state index contributed by atoms with van der Waals surface area (Å²) in [6.45, 7) is 2.84. The zero-order valence-electron chi connectivity index (χ0n) is 12.6. The summed E-state index contributed by atoms with van der Waals surface area (Å²) in [5, 5.41) is 11.4. The summed E-state index contributed by atoms with van der Waals surface area (Å²) >= 11 is 0. The van der Waals surface area contributed by atoms with E-state index in [4.69, 9.17) is 14.6 Å². The Balaban J connectivity index is 1.78. The van der Waals surface area contributed by atoms with Gasteiger partial charge >= 0.3 is 5.97 Å². The fourth-order valence-corrected chi connectivity index (χ4v) is 2.30. The third-order valence-electron chi connectivity index (χ3n) is 3.52. The van der Waals surface area contributed by atoms with Crippen LogP contribution in [-0.2, 0) is 16.0 Å². The highest BCUT2D eigenvalue weighted by atomic mass is 16.6. The highest BCUT2D eigenvalue weighted by Crippen LogP contribution is 2.31. The van der Waals surface area contributed by atoms with Crippen molar-refractivity contribution in [3.8, 4) is 11.5 Å². The first-order chi connectivity index (χ1) is 10.6. The Labute approximate surface area is 129 Å². The van der Waals surface area contributed by atoms with Crippen LogP contribution < -0.4 is 14.8 Å². The lowest BCUT2D eigenvalue weighted by Gasteiger charge is -2.18. The number of hydrogen-bond acceptors (Lipinski definition) is 4. The summed E-state index contributed by atoms with van der Waals surface area (Å²) in [4.78, 5) is 22.6. The summed E-state index contributed by atoms with van der Waals surface area (Å²) in [5.41, 5.74) is 1.07. The van der Waals surface area contributed by atoms with Crippen molar-refractivity contribution in [1.29, 1.82) is 0 Å². The van der Waals surface area contributed by atoms with Gasteiger partial charge in [-0.25, -0.2) is 4.79 Å². The molecule has 6 nitrogen and oxygen atoms in total. The predicted octanol–water partition coefficient (Wildman–Crippen LogP) is 1.76. The van der Waals surface area contributed by atoms with Gasteiger partial charge in [-0.15, -0.1) is 0 Å². The summed E-state index contributed by atoms with van der Waals surface area (Å²) in [6, 6.07) is 4.96.